The Kier molecular flexibility index (Phi) is 4.26. The van der Waals surface area contributed by atoms with Gasteiger partial charge in [0.05, 0.1) is 0 Å². The topological polar surface area (TPSA) is 12.0 Å². The van der Waals surface area contributed by atoms with E-state index < -0.39 is 0 Å². The zero-order chi connectivity index (χ0) is 12.3. The van der Waals surface area contributed by atoms with Crippen LogP contribution in [0, 0.1) is 5.92 Å². The first-order valence-corrected chi connectivity index (χ1v) is 7.49. The van der Waals surface area contributed by atoms with Crippen LogP contribution in [0.25, 0.3) is 0 Å². The zero-order valence-electron chi connectivity index (χ0n) is 10.8. The molecule has 0 amide bonds. The lowest BCUT2D eigenvalue weighted by Gasteiger charge is -2.16. The summed E-state index contributed by atoms with van der Waals surface area (Å²) in [6.45, 7) is 6.87. The fourth-order valence-electron chi connectivity index (χ4n) is 2.89. The minimum Gasteiger partial charge on any atom is -0.316 e. The Bertz CT molecular complexity index is 377. The number of hydrogen-bond acceptors (Lipinski definition) is 1. The van der Waals surface area contributed by atoms with Gasteiger partial charge in [-0.15, -0.1) is 0 Å². The Hall–Kier alpha value is -0.340. The fraction of sp³-hybridized carbons (Fsp3) is 0.600. The van der Waals surface area contributed by atoms with E-state index in [9.17, 15) is 0 Å². The van der Waals surface area contributed by atoms with Crippen LogP contribution in [0.4, 0.5) is 0 Å². The van der Waals surface area contributed by atoms with Crippen molar-refractivity contribution in [3.63, 3.8) is 0 Å². The maximum Gasteiger partial charge on any atom is 0.0178 e. The highest BCUT2D eigenvalue weighted by Gasteiger charge is 2.52. The molecule has 0 radical (unpaired) electrons. The summed E-state index contributed by atoms with van der Waals surface area (Å²) in [5.41, 5.74) is 1.96. The second-order valence-electron chi connectivity index (χ2n) is 5.13. The highest BCUT2D eigenvalue weighted by Crippen LogP contribution is 2.56. The molecular weight excluding hydrogens is 274 g/mol. The summed E-state index contributed by atoms with van der Waals surface area (Å²) in [6.07, 6.45) is 3.82. The van der Waals surface area contributed by atoms with Crippen LogP contribution in [-0.4, -0.2) is 13.1 Å². The first kappa shape index (κ1) is 13.1. The molecule has 1 aliphatic rings. The summed E-state index contributed by atoms with van der Waals surface area (Å²) in [5.74, 6) is 0.827. The molecule has 94 valence electrons. The molecule has 0 bridgehead atoms. The van der Waals surface area contributed by atoms with E-state index in [1.807, 2.05) is 0 Å². The van der Waals surface area contributed by atoms with Gasteiger partial charge in [0.1, 0.15) is 0 Å². The number of rotatable bonds is 6. The van der Waals surface area contributed by atoms with Crippen LogP contribution in [0.3, 0.4) is 0 Å². The van der Waals surface area contributed by atoms with Crippen molar-refractivity contribution in [2.45, 2.75) is 38.5 Å². The highest BCUT2D eigenvalue weighted by molar-refractivity contribution is 9.10. The molecule has 2 heteroatoms. The van der Waals surface area contributed by atoms with E-state index in [4.69, 9.17) is 0 Å². The fourth-order valence-corrected chi connectivity index (χ4v) is 3.29. The predicted molar refractivity (Wildman–Crippen MR) is 77.4 cm³/mol. The molecule has 0 aliphatic heterocycles. The Morgan fingerprint density at radius 1 is 1.41 bits per heavy atom. The van der Waals surface area contributed by atoms with Crippen LogP contribution in [0.15, 0.2) is 28.7 Å². The molecule has 0 spiro atoms. The van der Waals surface area contributed by atoms with Gasteiger partial charge in [-0.1, -0.05) is 41.9 Å². The molecule has 1 nitrogen and oxygen atoms in total. The van der Waals surface area contributed by atoms with Crippen LogP contribution in [0.5, 0.6) is 0 Å². The van der Waals surface area contributed by atoms with Crippen molar-refractivity contribution >= 4 is 15.9 Å². The van der Waals surface area contributed by atoms with E-state index in [1.54, 1.807) is 0 Å². The molecule has 1 fully saturated rings. The van der Waals surface area contributed by atoms with E-state index in [1.165, 1.54) is 35.8 Å². The van der Waals surface area contributed by atoms with Gasteiger partial charge in [0.2, 0.25) is 0 Å². The van der Waals surface area contributed by atoms with Gasteiger partial charge in [-0.2, -0.15) is 0 Å². The number of halogens is 1. The summed E-state index contributed by atoms with van der Waals surface area (Å²) in [4.78, 5) is 0. The van der Waals surface area contributed by atoms with Crippen molar-refractivity contribution in [2.75, 3.05) is 13.1 Å². The van der Waals surface area contributed by atoms with Crippen molar-refractivity contribution in [3.05, 3.63) is 34.3 Å². The lowest BCUT2D eigenvalue weighted by atomic mass is 9.90. The molecule has 1 aromatic rings. The second kappa shape index (κ2) is 5.53. The summed E-state index contributed by atoms with van der Waals surface area (Å²) in [5, 5.41) is 3.56. The van der Waals surface area contributed by atoms with Crippen molar-refractivity contribution < 1.29 is 0 Å². The third kappa shape index (κ3) is 2.74. The Balaban J connectivity index is 2.03. The summed E-state index contributed by atoms with van der Waals surface area (Å²) >= 11 is 3.58. The molecule has 1 N–H and O–H groups in total. The van der Waals surface area contributed by atoms with Crippen molar-refractivity contribution in [3.8, 4) is 0 Å². The molecular formula is C15H22BrN. The lowest BCUT2D eigenvalue weighted by molar-refractivity contribution is 0.537. The molecule has 0 aromatic heterocycles. The smallest absolute Gasteiger partial charge is 0.0178 e. The molecule has 1 saturated carbocycles. The van der Waals surface area contributed by atoms with E-state index in [-0.39, 0.29) is 0 Å². The Morgan fingerprint density at radius 2 is 2.24 bits per heavy atom. The largest absolute Gasteiger partial charge is 0.316 e. The molecule has 1 aromatic carbocycles. The number of nitrogens with one attached hydrogen (secondary N) is 1. The van der Waals surface area contributed by atoms with Gasteiger partial charge in [-0.05, 0) is 61.4 Å². The molecule has 2 unspecified atom stereocenters. The van der Waals surface area contributed by atoms with E-state index >= 15 is 0 Å². The number of hydrogen-bond donors (Lipinski definition) is 1. The van der Waals surface area contributed by atoms with Crippen LogP contribution < -0.4 is 5.32 Å². The first-order valence-electron chi connectivity index (χ1n) is 6.69. The van der Waals surface area contributed by atoms with E-state index in [2.05, 4.69) is 59.4 Å². The van der Waals surface area contributed by atoms with Crippen LogP contribution in [0.1, 0.15) is 38.7 Å². The van der Waals surface area contributed by atoms with Gasteiger partial charge < -0.3 is 5.32 Å². The maximum atomic E-state index is 3.58. The van der Waals surface area contributed by atoms with E-state index in [0.29, 0.717) is 5.41 Å². The lowest BCUT2D eigenvalue weighted by Crippen LogP contribution is -2.21. The summed E-state index contributed by atoms with van der Waals surface area (Å²) in [7, 11) is 0. The van der Waals surface area contributed by atoms with Gasteiger partial charge in [0.15, 0.2) is 0 Å². The van der Waals surface area contributed by atoms with Gasteiger partial charge in [0.25, 0.3) is 0 Å². The monoisotopic (exact) mass is 295 g/mol. The van der Waals surface area contributed by atoms with Crippen molar-refractivity contribution in [1.29, 1.82) is 0 Å². The van der Waals surface area contributed by atoms with E-state index in [0.717, 1.165) is 12.5 Å². The van der Waals surface area contributed by atoms with Crippen molar-refractivity contribution in [2.24, 2.45) is 5.92 Å². The van der Waals surface area contributed by atoms with Gasteiger partial charge in [-0.3, -0.25) is 0 Å². The molecule has 0 heterocycles. The van der Waals surface area contributed by atoms with Gasteiger partial charge in [0, 0.05) is 4.47 Å². The second-order valence-corrected chi connectivity index (χ2v) is 6.04. The zero-order valence-corrected chi connectivity index (χ0v) is 12.4. The molecule has 2 atom stereocenters. The van der Waals surface area contributed by atoms with Crippen LogP contribution >= 0.6 is 15.9 Å². The van der Waals surface area contributed by atoms with Crippen molar-refractivity contribution in [1.82, 2.24) is 5.32 Å². The minimum absolute atomic E-state index is 0.449. The molecule has 1 aliphatic carbocycles. The number of benzene rings is 1. The quantitative estimate of drug-likeness (QED) is 0.779. The average molecular weight is 296 g/mol. The highest BCUT2D eigenvalue weighted by atomic mass is 79.9. The molecule has 0 saturated heterocycles. The third-order valence-electron chi connectivity index (χ3n) is 4.08. The Labute approximate surface area is 113 Å². The summed E-state index contributed by atoms with van der Waals surface area (Å²) in [6, 6.07) is 8.85. The molecule has 2 rings (SSSR count). The third-order valence-corrected chi connectivity index (χ3v) is 4.57. The Morgan fingerprint density at radius 3 is 2.88 bits per heavy atom. The average Bonchev–Trinajstić information content (AvgIpc) is 3.05. The summed E-state index contributed by atoms with van der Waals surface area (Å²) < 4.78 is 1.20. The van der Waals surface area contributed by atoms with Crippen LogP contribution in [0.2, 0.25) is 0 Å². The first-order chi connectivity index (χ1) is 8.23. The van der Waals surface area contributed by atoms with Crippen LogP contribution in [-0.2, 0) is 5.41 Å². The SMILES string of the molecule is CCCNCC1CC1(CC)c1cccc(Br)c1. The normalized spacial score (nSPS) is 27.1. The van der Waals surface area contributed by atoms with Gasteiger partial charge >= 0.3 is 0 Å². The van der Waals surface area contributed by atoms with Gasteiger partial charge in [-0.25, -0.2) is 0 Å². The molecule has 17 heavy (non-hydrogen) atoms. The maximum absolute atomic E-state index is 3.58. The standard InChI is InChI=1S/C15H22BrN/c1-3-8-17-11-13-10-15(13,4-2)12-6-5-7-14(16)9-12/h5-7,9,13,17H,3-4,8,10-11H2,1-2H3. The predicted octanol–water partition coefficient (Wildman–Crippen LogP) is 4.12. The minimum atomic E-state index is 0.449.